The second kappa shape index (κ2) is 8.59. The highest BCUT2D eigenvalue weighted by Gasteiger charge is 2.19. The van der Waals surface area contributed by atoms with Gasteiger partial charge in [-0.25, -0.2) is 4.79 Å². The van der Waals surface area contributed by atoms with Crippen LogP contribution in [0.15, 0.2) is 51.7 Å². The van der Waals surface area contributed by atoms with Crippen LogP contribution in [0.4, 0.5) is 0 Å². The fourth-order valence-corrected chi connectivity index (χ4v) is 3.97. The van der Waals surface area contributed by atoms with Gasteiger partial charge in [0.1, 0.15) is 11.3 Å². The van der Waals surface area contributed by atoms with Gasteiger partial charge >= 0.3 is 5.63 Å². The van der Waals surface area contributed by atoms with Crippen LogP contribution in [0, 0.1) is 0 Å². The number of hydrogen-bond donors (Lipinski definition) is 0. The SMILES string of the molecule is O=C(COc1ccc2ccc(=O)oc2c1)c1ccc(CC(=O)N2CCOCC2)s1. The Morgan fingerprint density at radius 3 is 2.69 bits per heavy atom. The molecular weight excluding hydrogens is 394 g/mol. The van der Waals surface area contributed by atoms with E-state index < -0.39 is 5.63 Å². The number of Topliss-reactive ketones (excluding diaryl/α,β-unsaturated/α-hetero) is 1. The number of carbonyl (C=O) groups excluding carboxylic acids is 2. The minimum atomic E-state index is -0.441. The zero-order valence-corrected chi connectivity index (χ0v) is 16.4. The molecule has 1 amide bonds. The summed E-state index contributed by atoms with van der Waals surface area (Å²) in [6, 6.07) is 11.6. The van der Waals surface area contributed by atoms with Gasteiger partial charge in [0.05, 0.1) is 24.5 Å². The van der Waals surface area contributed by atoms with E-state index in [1.54, 1.807) is 41.3 Å². The van der Waals surface area contributed by atoms with Crippen LogP contribution in [-0.2, 0) is 16.0 Å². The first-order valence-corrected chi connectivity index (χ1v) is 10.0. The zero-order valence-electron chi connectivity index (χ0n) is 15.6. The molecule has 3 aromatic rings. The molecule has 0 N–H and O–H groups in total. The zero-order chi connectivity index (χ0) is 20.2. The second-order valence-electron chi connectivity index (χ2n) is 6.60. The van der Waals surface area contributed by atoms with Gasteiger partial charge in [0.15, 0.2) is 6.61 Å². The summed E-state index contributed by atoms with van der Waals surface area (Å²) >= 11 is 1.30. The van der Waals surface area contributed by atoms with Gasteiger partial charge in [0.2, 0.25) is 11.7 Å². The molecule has 1 aromatic carbocycles. The molecular formula is C21H19NO6S. The lowest BCUT2D eigenvalue weighted by atomic mass is 10.2. The van der Waals surface area contributed by atoms with E-state index in [1.807, 2.05) is 0 Å². The molecule has 150 valence electrons. The lowest BCUT2D eigenvalue weighted by Crippen LogP contribution is -2.41. The topological polar surface area (TPSA) is 86.1 Å². The predicted molar refractivity (Wildman–Crippen MR) is 108 cm³/mol. The molecule has 4 rings (SSSR count). The van der Waals surface area contributed by atoms with Gasteiger partial charge in [-0.15, -0.1) is 11.3 Å². The van der Waals surface area contributed by atoms with Gasteiger partial charge in [-0.05, 0) is 30.3 Å². The van der Waals surface area contributed by atoms with E-state index >= 15 is 0 Å². The number of fused-ring (bicyclic) bond motifs is 1. The summed E-state index contributed by atoms with van der Waals surface area (Å²) in [5, 5.41) is 0.774. The van der Waals surface area contributed by atoms with Crippen molar-refractivity contribution in [2.75, 3.05) is 32.9 Å². The number of ketones is 1. The molecule has 0 aliphatic carbocycles. The standard InChI is InChI=1S/C21H19NO6S/c23-17(13-27-15-3-1-14-2-6-21(25)28-18(14)11-15)19-5-4-16(29-19)12-20(24)22-7-9-26-10-8-22/h1-6,11H,7-10,12-13H2. The Hall–Kier alpha value is -2.97. The third-order valence-electron chi connectivity index (χ3n) is 4.59. The minimum Gasteiger partial charge on any atom is -0.485 e. The predicted octanol–water partition coefficient (Wildman–Crippen LogP) is 2.52. The van der Waals surface area contributed by atoms with Crippen molar-refractivity contribution in [1.29, 1.82) is 0 Å². The summed E-state index contributed by atoms with van der Waals surface area (Å²) in [6.07, 6.45) is 0.280. The Bertz CT molecular complexity index is 1100. The molecule has 8 heteroatoms. The third kappa shape index (κ3) is 4.72. The van der Waals surface area contributed by atoms with Gasteiger partial charge < -0.3 is 18.8 Å². The van der Waals surface area contributed by atoms with Crippen molar-refractivity contribution in [3.63, 3.8) is 0 Å². The van der Waals surface area contributed by atoms with Gasteiger partial charge in [-0.3, -0.25) is 9.59 Å². The molecule has 1 saturated heterocycles. The van der Waals surface area contributed by atoms with Crippen LogP contribution in [0.3, 0.4) is 0 Å². The average molecular weight is 413 g/mol. The molecule has 7 nitrogen and oxygen atoms in total. The highest BCUT2D eigenvalue weighted by Crippen LogP contribution is 2.22. The van der Waals surface area contributed by atoms with Gasteiger partial charge in [0.25, 0.3) is 0 Å². The molecule has 0 bridgehead atoms. The van der Waals surface area contributed by atoms with E-state index in [0.29, 0.717) is 42.5 Å². The van der Waals surface area contributed by atoms with E-state index in [0.717, 1.165) is 10.3 Å². The largest absolute Gasteiger partial charge is 0.485 e. The molecule has 1 aliphatic heterocycles. The lowest BCUT2D eigenvalue weighted by Gasteiger charge is -2.26. The number of ether oxygens (including phenoxy) is 2. The van der Waals surface area contributed by atoms with Crippen molar-refractivity contribution in [3.8, 4) is 5.75 Å². The maximum atomic E-state index is 12.4. The molecule has 1 fully saturated rings. The Balaban J connectivity index is 1.35. The molecule has 2 aromatic heterocycles. The fourth-order valence-electron chi connectivity index (χ4n) is 3.05. The number of hydrogen-bond acceptors (Lipinski definition) is 7. The van der Waals surface area contributed by atoms with Crippen LogP contribution in [0.2, 0.25) is 0 Å². The summed E-state index contributed by atoms with van der Waals surface area (Å²) in [6.45, 7) is 2.20. The Kier molecular flexibility index (Phi) is 5.73. The van der Waals surface area contributed by atoms with Crippen molar-refractivity contribution >= 4 is 34.0 Å². The molecule has 0 unspecified atom stereocenters. The number of rotatable bonds is 6. The maximum absolute atomic E-state index is 12.4. The van der Waals surface area contributed by atoms with E-state index in [9.17, 15) is 14.4 Å². The highest BCUT2D eigenvalue weighted by atomic mass is 32.1. The Morgan fingerprint density at radius 2 is 1.86 bits per heavy atom. The molecule has 0 atom stereocenters. The van der Waals surface area contributed by atoms with Gasteiger partial charge in [0, 0.05) is 35.5 Å². The minimum absolute atomic E-state index is 0.0445. The van der Waals surface area contributed by atoms with Crippen molar-refractivity contribution in [2.24, 2.45) is 0 Å². The summed E-state index contributed by atoms with van der Waals surface area (Å²) in [7, 11) is 0. The summed E-state index contributed by atoms with van der Waals surface area (Å²) < 4.78 is 15.9. The summed E-state index contributed by atoms with van der Waals surface area (Å²) in [5.74, 6) is 0.317. The van der Waals surface area contributed by atoms with E-state index in [1.165, 1.54) is 17.4 Å². The number of thiophene rings is 1. The van der Waals surface area contributed by atoms with E-state index in [-0.39, 0.29) is 24.7 Å². The van der Waals surface area contributed by atoms with Crippen LogP contribution in [-0.4, -0.2) is 49.5 Å². The van der Waals surface area contributed by atoms with Crippen molar-refractivity contribution in [1.82, 2.24) is 4.90 Å². The Labute approximate surface area is 170 Å². The monoisotopic (exact) mass is 413 g/mol. The van der Waals surface area contributed by atoms with Crippen molar-refractivity contribution in [3.05, 3.63) is 62.6 Å². The van der Waals surface area contributed by atoms with Crippen molar-refractivity contribution in [2.45, 2.75) is 6.42 Å². The van der Waals surface area contributed by atoms with E-state index in [2.05, 4.69) is 0 Å². The number of morpholine rings is 1. The average Bonchev–Trinajstić information content (AvgIpc) is 3.21. The second-order valence-corrected chi connectivity index (χ2v) is 7.77. The quantitative estimate of drug-likeness (QED) is 0.456. The Morgan fingerprint density at radius 1 is 1.07 bits per heavy atom. The normalized spacial score (nSPS) is 14.1. The number of carbonyl (C=O) groups is 2. The first-order chi connectivity index (χ1) is 14.1. The molecule has 0 spiro atoms. The van der Waals surface area contributed by atoms with E-state index in [4.69, 9.17) is 13.9 Å². The first kappa shape index (κ1) is 19.4. The summed E-state index contributed by atoms with van der Waals surface area (Å²) in [5.41, 5.74) is -0.0362. The number of benzene rings is 1. The molecule has 0 saturated carbocycles. The summed E-state index contributed by atoms with van der Waals surface area (Å²) in [4.78, 5) is 39.3. The van der Waals surface area contributed by atoms with Crippen LogP contribution in [0.25, 0.3) is 11.0 Å². The van der Waals surface area contributed by atoms with Gasteiger partial charge in [-0.1, -0.05) is 0 Å². The third-order valence-corrected chi connectivity index (χ3v) is 5.72. The van der Waals surface area contributed by atoms with Crippen LogP contribution >= 0.6 is 11.3 Å². The number of amides is 1. The maximum Gasteiger partial charge on any atom is 0.336 e. The highest BCUT2D eigenvalue weighted by molar-refractivity contribution is 7.14. The lowest BCUT2D eigenvalue weighted by molar-refractivity contribution is -0.134. The first-order valence-electron chi connectivity index (χ1n) is 9.23. The van der Waals surface area contributed by atoms with Crippen LogP contribution in [0.1, 0.15) is 14.5 Å². The molecule has 3 heterocycles. The molecule has 1 aliphatic rings. The van der Waals surface area contributed by atoms with Crippen LogP contribution in [0.5, 0.6) is 5.75 Å². The molecule has 0 radical (unpaired) electrons. The molecule has 29 heavy (non-hydrogen) atoms. The number of nitrogens with zero attached hydrogens (tertiary/aromatic N) is 1. The smallest absolute Gasteiger partial charge is 0.336 e. The van der Waals surface area contributed by atoms with Gasteiger partial charge in [-0.2, -0.15) is 0 Å². The van der Waals surface area contributed by atoms with Crippen molar-refractivity contribution < 1.29 is 23.5 Å². The van der Waals surface area contributed by atoms with Crippen LogP contribution < -0.4 is 10.4 Å². The fraction of sp³-hybridized carbons (Fsp3) is 0.286.